The maximum Gasteiger partial charge on any atom is 0.451 e. The van der Waals surface area contributed by atoms with Crippen LogP contribution in [0.3, 0.4) is 0 Å². The SMILES string of the molecule is Nc1cc(NCc2sccc2Br)nc(C(F)(F)F)n1. The van der Waals surface area contributed by atoms with Gasteiger partial charge in [0.05, 0.1) is 6.54 Å². The highest BCUT2D eigenvalue weighted by Gasteiger charge is 2.35. The molecule has 9 heteroatoms. The average molecular weight is 353 g/mol. The Kier molecular flexibility index (Phi) is 3.95. The summed E-state index contributed by atoms with van der Waals surface area (Å²) in [6.07, 6.45) is -4.62. The predicted molar refractivity (Wildman–Crippen MR) is 70.8 cm³/mol. The number of anilines is 2. The van der Waals surface area contributed by atoms with Crippen LogP contribution >= 0.6 is 27.3 Å². The minimum absolute atomic E-state index is 0.0418. The number of thiophene rings is 1. The smallest absolute Gasteiger partial charge is 0.384 e. The van der Waals surface area contributed by atoms with E-state index in [1.165, 1.54) is 17.4 Å². The lowest BCUT2D eigenvalue weighted by Gasteiger charge is -2.09. The molecule has 0 radical (unpaired) electrons. The van der Waals surface area contributed by atoms with Gasteiger partial charge in [-0.3, -0.25) is 0 Å². The van der Waals surface area contributed by atoms with E-state index in [2.05, 4.69) is 31.2 Å². The van der Waals surface area contributed by atoms with E-state index in [0.717, 1.165) is 9.35 Å². The predicted octanol–water partition coefficient (Wildman–Crippen LogP) is 3.51. The van der Waals surface area contributed by atoms with Crippen molar-refractivity contribution in [1.29, 1.82) is 0 Å². The zero-order valence-electron chi connectivity index (χ0n) is 9.33. The lowest BCUT2D eigenvalue weighted by molar-refractivity contribution is -0.144. The first kappa shape index (κ1) is 14.1. The van der Waals surface area contributed by atoms with Crippen LogP contribution in [-0.4, -0.2) is 9.97 Å². The molecule has 0 aliphatic carbocycles. The number of nitrogen functional groups attached to an aromatic ring is 1. The summed E-state index contributed by atoms with van der Waals surface area (Å²) in [6.45, 7) is 0.353. The summed E-state index contributed by atoms with van der Waals surface area (Å²) in [7, 11) is 0. The Bertz CT molecular complexity index is 584. The summed E-state index contributed by atoms with van der Waals surface area (Å²) in [6, 6.07) is 3.12. The molecule has 2 aromatic rings. The van der Waals surface area contributed by atoms with Gasteiger partial charge in [-0.1, -0.05) is 0 Å². The highest BCUT2D eigenvalue weighted by molar-refractivity contribution is 9.10. The highest BCUT2D eigenvalue weighted by Crippen LogP contribution is 2.28. The first-order valence-electron chi connectivity index (χ1n) is 5.04. The van der Waals surface area contributed by atoms with Gasteiger partial charge in [-0.2, -0.15) is 13.2 Å². The molecule has 0 aliphatic heterocycles. The van der Waals surface area contributed by atoms with Gasteiger partial charge in [-0.15, -0.1) is 11.3 Å². The van der Waals surface area contributed by atoms with Crippen molar-refractivity contribution in [2.45, 2.75) is 12.7 Å². The summed E-state index contributed by atoms with van der Waals surface area (Å²) < 4.78 is 38.4. The van der Waals surface area contributed by atoms with Crippen LogP contribution < -0.4 is 11.1 Å². The maximum absolute atomic E-state index is 12.5. The molecule has 19 heavy (non-hydrogen) atoms. The normalized spacial score (nSPS) is 11.6. The van der Waals surface area contributed by atoms with Crippen LogP contribution in [0.15, 0.2) is 22.0 Å². The molecular weight excluding hydrogens is 345 g/mol. The van der Waals surface area contributed by atoms with Crippen molar-refractivity contribution in [3.05, 3.63) is 32.7 Å². The number of nitrogens with one attached hydrogen (secondary N) is 1. The molecule has 2 heterocycles. The molecular formula is C10H8BrF3N4S. The largest absolute Gasteiger partial charge is 0.451 e. The van der Waals surface area contributed by atoms with Crippen molar-refractivity contribution in [2.75, 3.05) is 11.1 Å². The van der Waals surface area contributed by atoms with E-state index in [9.17, 15) is 13.2 Å². The molecule has 0 saturated carbocycles. The highest BCUT2D eigenvalue weighted by atomic mass is 79.9. The van der Waals surface area contributed by atoms with E-state index in [1.54, 1.807) is 0 Å². The third-order valence-corrected chi connectivity index (χ3v) is 4.05. The lowest BCUT2D eigenvalue weighted by Crippen LogP contribution is -2.14. The molecule has 0 aromatic carbocycles. The summed E-state index contributed by atoms with van der Waals surface area (Å²) in [5.74, 6) is -1.43. The number of hydrogen-bond donors (Lipinski definition) is 2. The number of aromatic nitrogens is 2. The van der Waals surface area contributed by atoms with E-state index in [-0.39, 0.29) is 11.6 Å². The fourth-order valence-corrected chi connectivity index (χ4v) is 2.74. The Labute approximate surface area is 119 Å². The number of halogens is 4. The van der Waals surface area contributed by atoms with E-state index < -0.39 is 12.0 Å². The lowest BCUT2D eigenvalue weighted by atomic mass is 10.4. The summed E-state index contributed by atoms with van der Waals surface area (Å²) in [5, 5.41) is 4.66. The van der Waals surface area contributed by atoms with Gasteiger partial charge in [0.15, 0.2) is 0 Å². The van der Waals surface area contributed by atoms with Crippen LogP contribution in [0, 0.1) is 0 Å². The molecule has 0 amide bonds. The van der Waals surface area contributed by atoms with Gasteiger partial charge >= 0.3 is 6.18 Å². The Balaban J connectivity index is 2.17. The van der Waals surface area contributed by atoms with Crippen LogP contribution in [0.5, 0.6) is 0 Å². The van der Waals surface area contributed by atoms with E-state index in [0.29, 0.717) is 6.54 Å². The third kappa shape index (κ3) is 3.57. The molecule has 0 bridgehead atoms. The zero-order chi connectivity index (χ0) is 14.0. The van der Waals surface area contributed by atoms with Crippen molar-refractivity contribution >= 4 is 38.9 Å². The van der Waals surface area contributed by atoms with Gasteiger partial charge < -0.3 is 11.1 Å². The van der Waals surface area contributed by atoms with Crippen LogP contribution in [0.25, 0.3) is 0 Å². The van der Waals surface area contributed by atoms with Gasteiger partial charge in [-0.25, -0.2) is 9.97 Å². The van der Waals surface area contributed by atoms with Crippen LogP contribution in [0.2, 0.25) is 0 Å². The van der Waals surface area contributed by atoms with E-state index in [4.69, 9.17) is 5.73 Å². The van der Waals surface area contributed by atoms with Gasteiger partial charge in [0, 0.05) is 15.4 Å². The fourth-order valence-electron chi connectivity index (χ4n) is 1.31. The second kappa shape index (κ2) is 5.33. The second-order valence-electron chi connectivity index (χ2n) is 3.54. The van der Waals surface area contributed by atoms with Crippen molar-refractivity contribution in [3.8, 4) is 0 Å². The Morgan fingerprint density at radius 1 is 1.37 bits per heavy atom. The first-order chi connectivity index (χ1) is 8.86. The minimum Gasteiger partial charge on any atom is -0.384 e. The Morgan fingerprint density at radius 2 is 2.11 bits per heavy atom. The Morgan fingerprint density at radius 3 is 2.68 bits per heavy atom. The van der Waals surface area contributed by atoms with Gasteiger partial charge in [0.1, 0.15) is 11.6 Å². The number of nitrogens with two attached hydrogens (primary N) is 1. The quantitative estimate of drug-likeness (QED) is 0.886. The van der Waals surface area contributed by atoms with Gasteiger partial charge in [0.25, 0.3) is 0 Å². The molecule has 0 saturated heterocycles. The summed E-state index contributed by atoms with van der Waals surface area (Å²) >= 11 is 4.81. The minimum atomic E-state index is -4.62. The zero-order valence-corrected chi connectivity index (χ0v) is 11.7. The number of alkyl halides is 3. The Hall–Kier alpha value is -1.35. The van der Waals surface area contributed by atoms with E-state index in [1.807, 2.05) is 11.4 Å². The molecule has 3 N–H and O–H groups in total. The summed E-state index contributed by atoms with van der Waals surface area (Å²) in [5.41, 5.74) is 5.34. The van der Waals surface area contributed by atoms with Crippen LogP contribution in [-0.2, 0) is 12.7 Å². The number of nitrogens with zero attached hydrogens (tertiary/aromatic N) is 2. The van der Waals surface area contributed by atoms with Crippen molar-refractivity contribution in [2.24, 2.45) is 0 Å². The standard InChI is InChI=1S/C10H8BrF3N4S/c11-5-1-2-19-6(5)4-16-8-3-7(15)17-9(18-8)10(12,13)14/h1-3H,4H2,(H3,15,16,17,18). The molecule has 0 spiro atoms. The number of hydrogen-bond acceptors (Lipinski definition) is 5. The second-order valence-corrected chi connectivity index (χ2v) is 5.40. The van der Waals surface area contributed by atoms with Crippen molar-refractivity contribution in [1.82, 2.24) is 9.97 Å². The first-order valence-corrected chi connectivity index (χ1v) is 6.71. The molecule has 4 nitrogen and oxygen atoms in total. The van der Waals surface area contributed by atoms with E-state index >= 15 is 0 Å². The molecule has 0 aliphatic rings. The van der Waals surface area contributed by atoms with Crippen LogP contribution in [0.4, 0.5) is 24.8 Å². The topological polar surface area (TPSA) is 63.8 Å². The molecule has 2 rings (SSSR count). The molecule has 0 atom stereocenters. The van der Waals surface area contributed by atoms with Crippen molar-refractivity contribution in [3.63, 3.8) is 0 Å². The monoisotopic (exact) mass is 352 g/mol. The molecule has 0 unspecified atom stereocenters. The molecule has 2 aromatic heterocycles. The molecule has 0 fully saturated rings. The average Bonchev–Trinajstić information content (AvgIpc) is 2.70. The van der Waals surface area contributed by atoms with Crippen molar-refractivity contribution < 1.29 is 13.2 Å². The van der Waals surface area contributed by atoms with Gasteiger partial charge in [-0.05, 0) is 27.4 Å². The maximum atomic E-state index is 12.5. The van der Waals surface area contributed by atoms with Gasteiger partial charge in [0.2, 0.25) is 5.82 Å². The third-order valence-electron chi connectivity index (χ3n) is 2.12. The fraction of sp³-hybridized carbons (Fsp3) is 0.200. The summed E-state index contributed by atoms with van der Waals surface area (Å²) in [4.78, 5) is 7.51. The number of rotatable bonds is 3. The van der Waals surface area contributed by atoms with Crippen LogP contribution in [0.1, 0.15) is 10.7 Å². The molecule has 102 valence electrons.